The third-order valence-corrected chi connectivity index (χ3v) is 3.71. The van der Waals surface area contributed by atoms with Gasteiger partial charge >= 0.3 is 5.97 Å². The molecule has 0 heterocycles. The van der Waals surface area contributed by atoms with Gasteiger partial charge in [0.05, 0.1) is 4.92 Å². The van der Waals surface area contributed by atoms with Crippen molar-refractivity contribution in [3.05, 3.63) is 68.8 Å². The lowest BCUT2D eigenvalue weighted by Crippen LogP contribution is -2.18. The van der Waals surface area contributed by atoms with Gasteiger partial charge in [-0.1, -0.05) is 23.4 Å². The molecule has 2 aromatic rings. The van der Waals surface area contributed by atoms with E-state index in [0.29, 0.717) is 5.75 Å². The van der Waals surface area contributed by atoms with Crippen molar-refractivity contribution in [3.8, 4) is 5.75 Å². The molecule has 8 nitrogen and oxygen atoms in total. The summed E-state index contributed by atoms with van der Waals surface area (Å²) in [4.78, 5) is 26.7. The van der Waals surface area contributed by atoms with Gasteiger partial charge in [-0.05, 0) is 43.5 Å². The van der Waals surface area contributed by atoms with Gasteiger partial charge in [-0.25, -0.2) is 4.79 Å². The van der Waals surface area contributed by atoms with E-state index in [9.17, 15) is 14.9 Å². The predicted molar refractivity (Wildman–Crippen MR) is 96.1 cm³/mol. The highest BCUT2D eigenvalue weighted by Gasteiger charge is 2.11. The number of non-ortho nitro benzene ring substituents is 1. The molecule has 26 heavy (non-hydrogen) atoms. The minimum absolute atomic E-state index is 0.138. The van der Waals surface area contributed by atoms with Gasteiger partial charge in [-0.3, -0.25) is 10.1 Å². The number of ether oxygens (including phenoxy) is 1. The van der Waals surface area contributed by atoms with Crippen LogP contribution >= 0.6 is 0 Å². The number of nitrogens with two attached hydrogens (primary N) is 1. The van der Waals surface area contributed by atoms with Crippen LogP contribution in [-0.4, -0.2) is 23.3 Å². The average Bonchev–Trinajstić information content (AvgIpc) is 2.61. The van der Waals surface area contributed by atoms with Crippen LogP contribution < -0.4 is 10.5 Å². The van der Waals surface area contributed by atoms with Crippen molar-refractivity contribution >= 4 is 17.5 Å². The number of nitro benzene ring substituents is 1. The summed E-state index contributed by atoms with van der Waals surface area (Å²) in [5, 5.41) is 14.3. The first-order chi connectivity index (χ1) is 12.3. The quantitative estimate of drug-likeness (QED) is 0.279. The molecule has 0 saturated heterocycles. The first-order valence-electron chi connectivity index (χ1n) is 7.76. The predicted octanol–water partition coefficient (Wildman–Crippen LogP) is 2.76. The second-order valence-corrected chi connectivity index (χ2v) is 5.74. The van der Waals surface area contributed by atoms with Gasteiger partial charge in [0, 0.05) is 17.7 Å². The highest BCUT2D eigenvalue weighted by Crippen LogP contribution is 2.23. The van der Waals surface area contributed by atoms with E-state index in [2.05, 4.69) is 5.16 Å². The molecule has 0 fully saturated rings. The first-order valence-corrected chi connectivity index (χ1v) is 7.76. The highest BCUT2D eigenvalue weighted by atomic mass is 16.7. The van der Waals surface area contributed by atoms with Crippen molar-refractivity contribution in [2.45, 2.75) is 20.8 Å². The fourth-order valence-electron chi connectivity index (χ4n) is 2.25. The van der Waals surface area contributed by atoms with Crippen LogP contribution in [0.1, 0.15) is 22.3 Å². The number of hydrogen-bond acceptors (Lipinski definition) is 6. The SMILES string of the molecule is Cc1cc(C)c(C)c(OCC(=O)O/N=C(/N)c2cccc([N+](=O)[O-])c2)c1. The van der Waals surface area contributed by atoms with E-state index in [1.807, 2.05) is 32.9 Å². The molecule has 0 amide bonds. The molecule has 2 N–H and O–H groups in total. The number of hydrogen-bond donors (Lipinski definition) is 1. The second-order valence-electron chi connectivity index (χ2n) is 5.74. The van der Waals surface area contributed by atoms with Gasteiger partial charge in [0.25, 0.3) is 5.69 Å². The summed E-state index contributed by atoms with van der Waals surface area (Å²) < 4.78 is 5.47. The number of carbonyl (C=O) groups excluding carboxylic acids is 1. The Hall–Kier alpha value is -3.42. The third-order valence-electron chi connectivity index (χ3n) is 3.71. The van der Waals surface area contributed by atoms with E-state index in [0.717, 1.165) is 16.7 Å². The lowest BCUT2D eigenvalue weighted by Gasteiger charge is -2.11. The Morgan fingerprint density at radius 2 is 1.96 bits per heavy atom. The summed E-state index contributed by atoms with van der Waals surface area (Å²) in [6.07, 6.45) is 0. The smallest absolute Gasteiger partial charge is 0.372 e. The number of oxime groups is 1. The Morgan fingerprint density at radius 1 is 1.23 bits per heavy atom. The van der Waals surface area contributed by atoms with E-state index in [-0.39, 0.29) is 23.7 Å². The lowest BCUT2D eigenvalue weighted by molar-refractivity contribution is -0.384. The van der Waals surface area contributed by atoms with Gasteiger partial charge in [-0.2, -0.15) is 0 Å². The fourth-order valence-corrected chi connectivity index (χ4v) is 2.25. The molecular weight excluding hydrogens is 338 g/mol. The van der Waals surface area contributed by atoms with Crippen molar-refractivity contribution in [2.24, 2.45) is 10.9 Å². The maximum absolute atomic E-state index is 11.8. The van der Waals surface area contributed by atoms with E-state index in [4.69, 9.17) is 15.3 Å². The summed E-state index contributed by atoms with van der Waals surface area (Å²) in [5.41, 5.74) is 8.84. The summed E-state index contributed by atoms with van der Waals surface area (Å²) >= 11 is 0. The Morgan fingerprint density at radius 3 is 2.65 bits per heavy atom. The number of amidine groups is 1. The van der Waals surface area contributed by atoms with Gasteiger partial charge in [0.15, 0.2) is 12.4 Å². The maximum atomic E-state index is 11.8. The molecule has 0 atom stereocenters. The normalized spacial score (nSPS) is 11.1. The molecular formula is C18H19N3O5. The van der Waals surface area contributed by atoms with Crippen molar-refractivity contribution in [3.63, 3.8) is 0 Å². The van der Waals surface area contributed by atoms with Crippen LogP contribution in [0.3, 0.4) is 0 Å². The molecule has 0 aliphatic heterocycles. The summed E-state index contributed by atoms with van der Waals surface area (Å²) in [6, 6.07) is 9.39. The number of carbonyl (C=O) groups is 1. The van der Waals surface area contributed by atoms with Crippen LogP contribution in [0.4, 0.5) is 5.69 Å². The standard InChI is InChI=1S/C18H19N3O5/c1-11-7-12(2)13(3)16(8-11)25-10-17(22)26-20-18(19)14-5-4-6-15(9-14)21(23)24/h4-9H,10H2,1-3H3,(H2,19,20). The number of aryl methyl sites for hydroxylation is 2. The third kappa shape index (κ3) is 4.79. The van der Waals surface area contributed by atoms with Crippen LogP contribution in [0, 0.1) is 30.9 Å². The van der Waals surface area contributed by atoms with E-state index in [1.165, 1.54) is 24.3 Å². The van der Waals surface area contributed by atoms with Gasteiger partial charge in [0.2, 0.25) is 0 Å². The van der Waals surface area contributed by atoms with Crippen LogP contribution in [0.2, 0.25) is 0 Å². The van der Waals surface area contributed by atoms with Crippen molar-refractivity contribution in [2.75, 3.05) is 6.61 Å². The molecule has 0 unspecified atom stereocenters. The summed E-state index contributed by atoms with van der Waals surface area (Å²) in [7, 11) is 0. The molecule has 0 bridgehead atoms. The van der Waals surface area contributed by atoms with Gasteiger partial charge in [-0.15, -0.1) is 0 Å². The van der Waals surface area contributed by atoms with Crippen molar-refractivity contribution < 1.29 is 19.3 Å². The van der Waals surface area contributed by atoms with Gasteiger partial charge < -0.3 is 15.3 Å². The largest absolute Gasteiger partial charge is 0.482 e. The van der Waals surface area contributed by atoms with E-state index < -0.39 is 10.9 Å². The Kier molecular flexibility index (Phi) is 5.90. The van der Waals surface area contributed by atoms with Crippen LogP contribution in [-0.2, 0) is 9.63 Å². The fraction of sp³-hybridized carbons (Fsp3) is 0.222. The Balaban J connectivity index is 1.99. The average molecular weight is 357 g/mol. The zero-order valence-corrected chi connectivity index (χ0v) is 14.7. The maximum Gasteiger partial charge on any atom is 0.372 e. The zero-order chi connectivity index (χ0) is 19.3. The van der Waals surface area contributed by atoms with E-state index in [1.54, 1.807) is 0 Å². The molecule has 8 heteroatoms. The molecule has 0 aliphatic carbocycles. The number of rotatable bonds is 6. The minimum Gasteiger partial charge on any atom is -0.482 e. The van der Waals surface area contributed by atoms with Crippen LogP contribution in [0.15, 0.2) is 41.6 Å². The Labute approximate surface area is 150 Å². The molecule has 0 radical (unpaired) electrons. The van der Waals surface area contributed by atoms with E-state index >= 15 is 0 Å². The summed E-state index contributed by atoms with van der Waals surface area (Å²) in [6.45, 7) is 5.45. The molecule has 2 aromatic carbocycles. The monoisotopic (exact) mass is 357 g/mol. The number of nitrogens with zero attached hydrogens (tertiary/aromatic N) is 2. The molecule has 2 rings (SSSR count). The topological polar surface area (TPSA) is 117 Å². The minimum atomic E-state index is -0.739. The molecule has 0 spiro atoms. The number of nitro groups is 1. The molecule has 0 saturated carbocycles. The molecule has 0 aromatic heterocycles. The first kappa shape index (κ1) is 18.9. The van der Waals surface area contributed by atoms with Crippen molar-refractivity contribution in [1.82, 2.24) is 0 Å². The zero-order valence-electron chi connectivity index (χ0n) is 14.7. The molecule has 136 valence electrons. The number of benzene rings is 2. The van der Waals surface area contributed by atoms with Gasteiger partial charge in [0.1, 0.15) is 5.75 Å². The Bertz CT molecular complexity index is 877. The van der Waals surface area contributed by atoms with Crippen LogP contribution in [0.25, 0.3) is 0 Å². The van der Waals surface area contributed by atoms with Crippen molar-refractivity contribution in [1.29, 1.82) is 0 Å². The highest BCUT2D eigenvalue weighted by molar-refractivity contribution is 5.97. The lowest BCUT2D eigenvalue weighted by atomic mass is 10.1. The summed E-state index contributed by atoms with van der Waals surface area (Å²) in [5.74, 6) is -0.295. The molecule has 0 aliphatic rings. The van der Waals surface area contributed by atoms with Crippen LogP contribution in [0.5, 0.6) is 5.75 Å². The second kappa shape index (κ2) is 8.11.